The van der Waals surface area contributed by atoms with Gasteiger partial charge in [0.1, 0.15) is 0 Å². The molecule has 1 fully saturated rings. The largest absolute Gasteiger partial charge is 0.389 e. The van der Waals surface area contributed by atoms with Crippen LogP contribution in [-0.4, -0.2) is 29.0 Å². The molecule has 0 N–H and O–H groups in total. The second-order valence-electron chi connectivity index (χ2n) is 3.16. The van der Waals surface area contributed by atoms with Gasteiger partial charge in [-0.25, -0.2) is 4.79 Å². The van der Waals surface area contributed by atoms with Crippen molar-refractivity contribution in [3.8, 4) is 0 Å². The molecule has 1 rings (SSSR count). The molecule has 0 radical (unpaired) electrons. The predicted molar refractivity (Wildman–Crippen MR) is 42.5 cm³/mol. The standard InChI is InChI=1S/C8H8F3NO4/c9-8(10,11)4-3-7(15)16-12-5(13)1-2-6(12)14/h1-4H2. The van der Waals surface area contributed by atoms with E-state index in [0.29, 0.717) is 0 Å². The molecule has 1 heterocycles. The number of carbonyl (C=O) groups excluding carboxylic acids is 3. The summed E-state index contributed by atoms with van der Waals surface area (Å²) in [6, 6.07) is 0. The Bertz CT molecular complexity index is 310. The SMILES string of the molecule is O=C(CCC(F)(F)F)ON1C(=O)CCC1=O. The Morgan fingerprint density at radius 1 is 1.25 bits per heavy atom. The summed E-state index contributed by atoms with van der Waals surface area (Å²) in [5, 5.41) is 0.221. The highest BCUT2D eigenvalue weighted by Gasteiger charge is 2.34. The molecule has 1 aliphatic rings. The van der Waals surface area contributed by atoms with Crippen molar-refractivity contribution in [1.29, 1.82) is 0 Å². The van der Waals surface area contributed by atoms with Crippen molar-refractivity contribution in [2.75, 3.05) is 0 Å². The van der Waals surface area contributed by atoms with E-state index in [9.17, 15) is 27.6 Å². The number of imide groups is 1. The fourth-order valence-electron chi connectivity index (χ4n) is 1.05. The summed E-state index contributed by atoms with van der Waals surface area (Å²) in [5.41, 5.74) is 0. The lowest BCUT2D eigenvalue weighted by Gasteiger charge is -2.12. The quantitative estimate of drug-likeness (QED) is 0.687. The van der Waals surface area contributed by atoms with Crippen LogP contribution in [0.15, 0.2) is 0 Å². The Hall–Kier alpha value is -1.60. The highest BCUT2D eigenvalue weighted by Crippen LogP contribution is 2.22. The third-order valence-corrected chi connectivity index (χ3v) is 1.81. The molecule has 0 bridgehead atoms. The molecule has 0 saturated carbocycles. The van der Waals surface area contributed by atoms with Gasteiger partial charge in [-0.1, -0.05) is 0 Å². The molecule has 0 aromatic carbocycles. The summed E-state index contributed by atoms with van der Waals surface area (Å²) in [6.45, 7) is 0. The van der Waals surface area contributed by atoms with Crippen LogP contribution in [-0.2, 0) is 19.2 Å². The zero-order chi connectivity index (χ0) is 12.3. The monoisotopic (exact) mass is 239 g/mol. The van der Waals surface area contributed by atoms with Crippen molar-refractivity contribution in [1.82, 2.24) is 5.06 Å². The van der Waals surface area contributed by atoms with Gasteiger partial charge in [-0.3, -0.25) is 9.59 Å². The van der Waals surface area contributed by atoms with Crippen LogP contribution in [0.2, 0.25) is 0 Å². The molecule has 5 nitrogen and oxygen atoms in total. The molecule has 0 unspecified atom stereocenters. The van der Waals surface area contributed by atoms with Crippen LogP contribution in [0.1, 0.15) is 25.7 Å². The van der Waals surface area contributed by atoms with Gasteiger partial charge in [-0.2, -0.15) is 13.2 Å². The van der Waals surface area contributed by atoms with E-state index in [1.165, 1.54) is 0 Å². The summed E-state index contributed by atoms with van der Waals surface area (Å²) in [7, 11) is 0. The van der Waals surface area contributed by atoms with E-state index in [2.05, 4.69) is 4.84 Å². The zero-order valence-electron chi connectivity index (χ0n) is 8.04. The number of carbonyl (C=O) groups is 3. The van der Waals surface area contributed by atoms with E-state index in [1.54, 1.807) is 0 Å². The van der Waals surface area contributed by atoms with Crippen molar-refractivity contribution in [3.05, 3.63) is 0 Å². The number of alkyl halides is 3. The Kier molecular flexibility index (Phi) is 3.51. The van der Waals surface area contributed by atoms with Crippen LogP contribution in [0, 0.1) is 0 Å². The Morgan fingerprint density at radius 2 is 1.75 bits per heavy atom. The molecule has 90 valence electrons. The van der Waals surface area contributed by atoms with Crippen LogP contribution in [0.25, 0.3) is 0 Å². The fraction of sp³-hybridized carbons (Fsp3) is 0.625. The van der Waals surface area contributed by atoms with Gasteiger partial charge in [0.05, 0.1) is 12.8 Å². The third kappa shape index (κ3) is 3.52. The summed E-state index contributed by atoms with van der Waals surface area (Å²) in [4.78, 5) is 36.9. The molecule has 0 spiro atoms. The molecule has 0 aromatic rings. The van der Waals surface area contributed by atoms with Crippen LogP contribution < -0.4 is 0 Å². The summed E-state index contributed by atoms with van der Waals surface area (Å²) in [6.07, 6.45) is -6.92. The average molecular weight is 239 g/mol. The second kappa shape index (κ2) is 4.50. The fourth-order valence-corrected chi connectivity index (χ4v) is 1.05. The maximum absolute atomic E-state index is 11.7. The molecule has 0 aromatic heterocycles. The number of rotatable bonds is 3. The van der Waals surface area contributed by atoms with Crippen molar-refractivity contribution in [2.45, 2.75) is 31.9 Å². The summed E-state index contributed by atoms with van der Waals surface area (Å²) in [5.74, 6) is -2.68. The van der Waals surface area contributed by atoms with Gasteiger partial charge < -0.3 is 4.84 Å². The lowest BCUT2D eigenvalue weighted by atomic mass is 10.3. The highest BCUT2D eigenvalue weighted by atomic mass is 19.4. The third-order valence-electron chi connectivity index (χ3n) is 1.81. The van der Waals surface area contributed by atoms with E-state index < -0.39 is 36.8 Å². The Labute approximate surface area is 88.1 Å². The minimum Gasteiger partial charge on any atom is -0.330 e. The van der Waals surface area contributed by atoms with Crippen LogP contribution >= 0.6 is 0 Å². The molecular formula is C8H8F3NO4. The number of hydrogen-bond donors (Lipinski definition) is 0. The van der Waals surface area contributed by atoms with Gasteiger partial charge in [0.15, 0.2) is 0 Å². The second-order valence-corrected chi connectivity index (χ2v) is 3.16. The van der Waals surface area contributed by atoms with Gasteiger partial charge in [0.25, 0.3) is 11.8 Å². The molecule has 2 amide bonds. The van der Waals surface area contributed by atoms with Crippen molar-refractivity contribution in [2.24, 2.45) is 0 Å². The first-order valence-corrected chi connectivity index (χ1v) is 4.43. The topological polar surface area (TPSA) is 63.7 Å². The van der Waals surface area contributed by atoms with E-state index in [0.717, 1.165) is 0 Å². The maximum Gasteiger partial charge on any atom is 0.389 e. The number of amides is 2. The summed E-state index contributed by atoms with van der Waals surface area (Å²) >= 11 is 0. The smallest absolute Gasteiger partial charge is 0.330 e. The van der Waals surface area contributed by atoms with E-state index in [4.69, 9.17) is 0 Å². The highest BCUT2D eigenvalue weighted by molar-refractivity contribution is 6.01. The van der Waals surface area contributed by atoms with Crippen molar-refractivity contribution >= 4 is 17.8 Å². The number of hydroxylamine groups is 2. The van der Waals surface area contributed by atoms with Gasteiger partial charge in [0, 0.05) is 12.8 Å². The van der Waals surface area contributed by atoms with Gasteiger partial charge >= 0.3 is 12.1 Å². The molecule has 1 saturated heterocycles. The van der Waals surface area contributed by atoms with Crippen molar-refractivity contribution in [3.63, 3.8) is 0 Å². The molecule has 0 atom stereocenters. The maximum atomic E-state index is 11.7. The lowest BCUT2D eigenvalue weighted by Crippen LogP contribution is -2.32. The Balaban J connectivity index is 2.40. The number of halogens is 3. The van der Waals surface area contributed by atoms with E-state index in [1.807, 2.05) is 0 Å². The molecule has 1 aliphatic heterocycles. The Morgan fingerprint density at radius 3 is 2.19 bits per heavy atom. The van der Waals surface area contributed by atoms with E-state index >= 15 is 0 Å². The molecule has 8 heteroatoms. The lowest BCUT2D eigenvalue weighted by molar-refractivity contribution is -0.200. The van der Waals surface area contributed by atoms with Gasteiger partial charge in [-0.15, -0.1) is 5.06 Å². The summed E-state index contributed by atoms with van der Waals surface area (Å²) < 4.78 is 35.2. The van der Waals surface area contributed by atoms with Crippen LogP contribution in [0.3, 0.4) is 0 Å². The first-order valence-electron chi connectivity index (χ1n) is 4.43. The minimum atomic E-state index is -4.47. The molecule has 16 heavy (non-hydrogen) atoms. The number of nitrogens with zero attached hydrogens (tertiary/aromatic N) is 1. The minimum absolute atomic E-state index is 0.0919. The number of hydrogen-bond acceptors (Lipinski definition) is 4. The van der Waals surface area contributed by atoms with Crippen LogP contribution in [0.5, 0.6) is 0 Å². The van der Waals surface area contributed by atoms with Gasteiger partial charge in [0.2, 0.25) is 0 Å². The van der Waals surface area contributed by atoms with Gasteiger partial charge in [-0.05, 0) is 0 Å². The molecular weight excluding hydrogens is 231 g/mol. The normalized spacial score (nSPS) is 16.8. The van der Waals surface area contributed by atoms with Crippen molar-refractivity contribution < 1.29 is 32.4 Å². The van der Waals surface area contributed by atoms with E-state index in [-0.39, 0.29) is 17.9 Å². The predicted octanol–water partition coefficient (Wildman–Crippen LogP) is 0.936. The average Bonchev–Trinajstić information content (AvgIpc) is 2.45. The first-order chi connectivity index (χ1) is 7.29. The molecule has 0 aliphatic carbocycles. The zero-order valence-corrected chi connectivity index (χ0v) is 8.04. The first kappa shape index (κ1) is 12.5. The van der Waals surface area contributed by atoms with Crippen LogP contribution in [0.4, 0.5) is 13.2 Å².